The van der Waals surface area contributed by atoms with Gasteiger partial charge in [-0.2, -0.15) is 0 Å². The Morgan fingerprint density at radius 2 is 2.15 bits per heavy atom. The van der Waals surface area contributed by atoms with E-state index >= 15 is 0 Å². The molecule has 0 aliphatic heterocycles. The molecule has 0 aromatic heterocycles. The molecule has 0 unspecified atom stereocenters. The number of phenolic OH excluding ortho intramolecular Hbond substituents is 1. The summed E-state index contributed by atoms with van der Waals surface area (Å²) < 4.78 is 0. The van der Waals surface area contributed by atoms with Crippen molar-refractivity contribution in [1.82, 2.24) is 0 Å². The van der Waals surface area contributed by atoms with Gasteiger partial charge in [-0.05, 0) is 29.7 Å². The average Bonchev–Trinajstić information content (AvgIpc) is 2.16. The monoisotopic (exact) mass is 181 g/mol. The summed E-state index contributed by atoms with van der Waals surface area (Å²) in [6, 6.07) is 4.67. The Bertz CT molecular complexity index is 286. The number of aryl methyl sites for hydroxylation is 1. The average molecular weight is 181 g/mol. The van der Waals surface area contributed by atoms with Crippen molar-refractivity contribution < 1.29 is 10.2 Å². The Morgan fingerprint density at radius 1 is 1.46 bits per heavy atom. The number of benzene rings is 1. The van der Waals surface area contributed by atoms with Crippen LogP contribution in [0.5, 0.6) is 5.75 Å². The molecule has 0 amide bonds. The van der Waals surface area contributed by atoms with Crippen LogP contribution in [0.25, 0.3) is 0 Å². The summed E-state index contributed by atoms with van der Waals surface area (Å²) in [4.78, 5) is 0. The molecule has 4 N–H and O–H groups in total. The standard InChI is InChI=1S/C10H15NO2/c1-2-7-3-4-8(13)5-9(7)10(11)6-12/h3-5,10,12-13H,2,6,11H2,1H3/t10-/m1/s1. The Labute approximate surface area is 77.8 Å². The van der Waals surface area contributed by atoms with Gasteiger partial charge < -0.3 is 15.9 Å². The van der Waals surface area contributed by atoms with E-state index in [1.807, 2.05) is 13.0 Å². The molecular weight excluding hydrogens is 166 g/mol. The minimum atomic E-state index is -0.401. The van der Waals surface area contributed by atoms with Crippen molar-refractivity contribution in [3.8, 4) is 5.75 Å². The van der Waals surface area contributed by atoms with Gasteiger partial charge in [-0.3, -0.25) is 0 Å². The molecule has 0 aliphatic carbocycles. The smallest absolute Gasteiger partial charge is 0.115 e. The molecule has 0 spiro atoms. The summed E-state index contributed by atoms with van der Waals surface area (Å²) >= 11 is 0. The number of aliphatic hydroxyl groups is 1. The summed E-state index contributed by atoms with van der Waals surface area (Å²) in [7, 11) is 0. The third-order valence-corrected chi connectivity index (χ3v) is 2.11. The van der Waals surface area contributed by atoms with E-state index in [1.54, 1.807) is 12.1 Å². The fourth-order valence-electron chi connectivity index (χ4n) is 1.35. The zero-order valence-corrected chi connectivity index (χ0v) is 7.70. The van der Waals surface area contributed by atoms with Gasteiger partial charge in [0.2, 0.25) is 0 Å². The highest BCUT2D eigenvalue weighted by atomic mass is 16.3. The first-order valence-electron chi connectivity index (χ1n) is 4.37. The van der Waals surface area contributed by atoms with Crippen molar-refractivity contribution in [2.24, 2.45) is 5.73 Å². The fourth-order valence-corrected chi connectivity index (χ4v) is 1.35. The molecule has 1 aromatic rings. The van der Waals surface area contributed by atoms with E-state index in [-0.39, 0.29) is 12.4 Å². The van der Waals surface area contributed by atoms with Crippen molar-refractivity contribution in [2.75, 3.05) is 6.61 Å². The summed E-state index contributed by atoms with van der Waals surface area (Å²) in [6.07, 6.45) is 0.851. The highest BCUT2D eigenvalue weighted by Gasteiger charge is 2.09. The summed E-state index contributed by atoms with van der Waals surface area (Å²) in [5.41, 5.74) is 7.57. The minimum absolute atomic E-state index is 0.101. The summed E-state index contributed by atoms with van der Waals surface area (Å²) in [6.45, 7) is 1.91. The SMILES string of the molecule is CCc1ccc(O)cc1[C@H](N)CO. The number of hydrogen-bond donors (Lipinski definition) is 3. The summed E-state index contributed by atoms with van der Waals surface area (Å²) in [5, 5.41) is 18.1. The molecule has 0 saturated heterocycles. The van der Waals surface area contributed by atoms with Crippen molar-refractivity contribution in [3.05, 3.63) is 29.3 Å². The van der Waals surface area contributed by atoms with Crippen LogP contribution in [0.15, 0.2) is 18.2 Å². The second kappa shape index (κ2) is 4.25. The van der Waals surface area contributed by atoms with Gasteiger partial charge in [0.25, 0.3) is 0 Å². The molecule has 0 bridgehead atoms. The van der Waals surface area contributed by atoms with Crippen LogP contribution in [0.4, 0.5) is 0 Å². The predicted octanol–water partition coefficient (Wildman–Crippen LogP) is 0.947. The molecule has 0 radical (unpaired) electrons. The minimum Gasteiger partial charge on any atom is -0.508 e. The summed E-state index contributed by atoms with van der Waals surface area (Å²) in [5.74, 6) is 0.191. The number of hydrogen-bond acceptors (Lipinski definition) is 3. The van der Waals surface area contributed by atoms with E-state index in [9.17, 15) is 5.11 Å². The molecule has 0 saturated carbocycles. The van der Waals surface area contributed by atoms with Crippen molar-refractivity contribution in [2.45, 2.75) is 19.4 Å². The van der Waals surface area contributed by atoms with Crippen LogP contribution < -0.4 is 5.73 Å². The maximum Gasteiger partial charge on any atom is 0.115 e. The van der Waals surface area contributed by atoms with E-state index in [4.69, 9.17) is 10.8 Å². The van der Waals surface area contributed by atoms with Gasteiger partial charge in [-0.15, -0.1) is 0 Å². The van der Waals surface area contributed by atoms with Crippen molar-refractivity contribution in [3.63, 3.8) is 0 Å². The van der Waals surface area contributed by atoms with Crippen LogP contribution in [0.1, 0.15) is 24.1 Å². The molecule has 72 valence electrons. The zero-order valence-electron chi connectivity index (χ0n) is 7.70. The fraction of sp³-hybridized carbons (Fsp3) is 0.400. The van der Waals surface area contributed by atoms with Gasteiger partial charge in [0.15, 0.2) is 0 Å². The first kappa shape index (κ1) is 10.0. The third-order valence-electron chi connectivity index (χ3n) is 2.11. The molecule has 3 nitrogen and oxygen atoms in total. The molecule has 13 heavy (non-hydrogen) atoms. The normalized spacial score (nSPS) is 12.8. The number of rotatable bonds is 3. The lowest BCUT2D eigenvalue weighted by Crippen LogP contribution is -2.16. The van der Waals surface area contributed by atoms with Gasteiger partial charge in [0, 0.05) is 0 Å². The van der Waals surface area contributed by atoms with E-state index in [0.29, 0.717) is 0 Å². The largest absolute Gasteiger partial charge is 0.508 e. The Balaban J connectivity index is 3.07. The molecular formula is C10H15NO2. The number of aromatic hydroxyl groups is 1. The van der Waals surface area contributed by atoms with Crippen LogP contribution >= 0.6 is 0 Å². The molecule has 0 heterocycles. The molecule has 1 atom stereocenters. The van der Waals surface area contributed by atoms with Gasteiger partial charge in [0.1, 0.15) is 5.75 Å². The first-order chi connectivity index (χ1) is 6.19. The predicted molar refractivity (Wildman–Crippen MR) is 51.5 cm³/mol. The maximum atomic E-state index is 9.24. The quantitative estimate of drug-likeness (QED) is 0.650. The number of nitrogens with two attached hydrogens (primary N) is 1. The van der Waals surface area contributed by atoms with Gasteiger partial charge in [0.05, 0.1) is 12.6 Å². The lowest BCUT2D eigenvalue weighted by Gasteiger charge is -2.13. The molecule has 1 rings (SSSR count). The van der Waals surface area contributed by atoms with Crippen molar-refractivity contribution >= 4 is 0 Å². The highest BCUT2D eigenvalue weighted by molar-refractivity contribution is 5.36. The van der Waals surface area contributed by atoms with E-state index < -0.39 is 6.04 Å². The molecule has 3 heteroatoms. The van der Waals surface area contributed by atoms with Gasteiger partial charge in [-0.25, -0.2) is 0 Å². The van der Waals surface area contributed by atoms with E-state index in [2.05, 4.69) is 0 Å². The van der Waals surface area contributed by atoms with Crippen LogP contribution in [0, 0.1) is 0 Å². The highest BCUT2D eigenvalue weighted by Crippen LogP contribution is 2.21. The van der Waals surface area contributed by atoms with Crippen LogP contribution in [-0.4, -0.2) is 16.8 Å². The van der Waals surface area contributed by atoms with Crippen molar-refractivity contribution in [1.29, 1.82) is 0 Å². The van der Waals surface area contributed by atoms with Gasteiger partial charge >= 0.3 is 0 Å². The lowest BCUT2D eigenvalue weighted by atomic mass is 9.99. The second-order valence-electron chi connectivity index (χ2n) is 3.03. The molecule has 0 aliphatic rings. The zero-order chi connectivity index (χ0) is 9.84. The Hall–Kier alpha value is -1.06. The van der Waals surface area contributed by atoms with Gasteiger partial charge in [-0.1, -0.05) is 13.0 Å². The molecule has 0 fully saturated rings. The first-order valence-corrected chi connectivity index (χ1v) is 4.37. The topological polar surface area (TPSA) is 66.5 Å². The number of aliphatic hydroxyl groups excluding tert-OH is 1. The van der Waals surface area contributed by atoms with Crippen LogP contribution in [0.2, 0.25) is 0 Å². The Morgan fingerprint density at radius 3 is 2.69 bits per heavy atom. The lowest BCUT2D eigenvalue weighted by molar-refractivity contribution is 0.267. The van der Waals surface area contributed by atoms with E-state index in [1.165, 1.54) is 0 Å². The maximum absolute atomic E-state index is 9.24. The number of phenols is 1. The van der Waals surface area contributed by atoms with Crippen LogP contribution in [0.3, 0.4) is 0 Å². The Kier molecular flexibility index (Phi) is 3.28. The second-order valence-corrected chi connectivity index (χ2v) is 3.03. The van der Waals surface area contributed by atoms with Crippen LogP contribution in [-0.2, 0) is 6.42 Å². The molecule has 1 aromatic carbocycles. The third kappa shape index (κ3) is 2.20. The van der Waals surface area contributed by atoms with E-state index in [0.717, 1.165) is 17.5 Å².